The maximum absolute atomic E-state index is 9.64. The highest BCUT2D eigenvalue weighted by atomic mass is 16.5. The lowest BCUT2D eigenvalue weighted by atomic mass is 10.0. The van der Waals surface area contributed by atoms with Crippen LogP contribution in [0, 0.1) is 0 Å². The van der Waals surface area contributed by atoms with Crippen LogP contribution in [0.25, 0.3) is 38.5 Å². The first-order valence-electron chi connectivity index (χ1n) is 13.3. The monoisotopic (exact) mass is 531 g/mol. The summed E-state index contributed by atoms with van der Waals surface area (Å²) in [6.45, 7) is 0.857. The van der Waals surface area contributed by atoms with Crippen molar-refractivity contribution in [3.63, 3.8) is 0 Å². The topological polar surface area (TPSA) is 81.7 Å². The second-order valence-corrected chi connectivity index (χ2v) is 9.58. The summed E-state index contributed by atoms with van der Waals surface area (Å²) < 4.78 is 7.58. The molecule has 0 atom stereocenters. The molecule has 6 rings (SSSR count). The summed E-state index contributed by atoms with van der Waals surface area (Å²) in [6.07, 6.45) is 0. The number of ether oxygens (including phenoxy) is 1. The molecule has 0 amide bonds. The minimum atomic E-state index is -0.000921. The molecule has 0 aliphatic carbocycles. The standard InChI is InChI=1S/C33H30N4O3/c1-40-26-14-11-23(12-15-26)34-30-22-32-33(28-10-6-5-9-27(28)30)35-29-16-13-25(36(17-19-38)18-20-39)21-31(29)37(32)24-7-3-2-4-8-24/h2-16,21-22,38-39H,17-20H2,1H3/p+1. The Morgan fingerprint density at radius 1 is 0.775 bits per heavy atom. The smallest absolute Gasteiger partial charge is 0.240 e. The van der Waals surface area contributed by atoms with E-state index in [1.54, 1.807) is 7.11 Å². The van der Waals surface area contributed by atoms with Crippen molar-refractivity contribution in [2.24, 2.45) is 0 Å². The van der Waals surface area contributed by atoms with Crippen LogP contribution in [0.5, 0.6) is 5.75 Å². The molecule has 0 saturated heterocycles. The van der Waals surface area contributed by atoms with Crippen LogP contribution in [-0.4, -0.2) is 48.6 Å². The van der Waals surface area contributed by atoms with Crippen molar-refractivity contribution in [3.05, 3.63) is 103 Å². The quantitative estimate of drug-likeness (QED) is 0.132. The van der Waals surface area contributed by atoms with Gasteiger partial charge < -0.3 is 25.2 Å². The van der Waals surface area contributed by atoms with Gasteiger partial charge in [0.25, 0.3) is 0 Å². The molecule has 0 unspecified atom stereocenters. The van der Waals surface area contributed by atoms with E-state index in [0.29, 0.717) is 13.1 Å². The lowest BCUT2D eigenvalue weighted by Gasteiger charge is -2.22. The zero-order chi connectivity index (χ0) is 27.5. The predicted molar refractivity (Wildman–Crippen MR) is 161 cm³/mol. The van der Waals surface area contributed by atoms with Gasteiger partial charge in [-0.05, 0) is 36.4 Å². The van der Waals surface area contributed by atoms with Gasteiger partial charge >= 0.3 is 0 Å². The van der Waals surface area contributed by atoms with E-state index in [1.807, 2.05) is 71.6 Å². The van der Waals surface area contributed by atoms with Crippen LogP contribution in [0.3, 0.4) is 0 Å². The molecule has 0 radical (unpaired) electrons. The van der Waals surface area contributed by atoms with E-state index in [1.165, 1.54) is 0 Å². The van der Waals surface area contributed by atoms with Gasteiger partial charge in [-0.15, -0.1) is 4.57 Å². The number of anilines is 3. The van der Waals surface area contributed by atoms with Crippen LogP contribution in [0.2, 0.25) is 0 Å². The molecule has 40 heavy (non-hydrogen) atoms. The molecule has 0 spiro atoms. The zero-order valence-corrected chi connectivity index (χ0v) is 22.3. The molecule has 0 bridgehead atoms. The molecule has 0 aliphatic heterocycles. The summed E-state index contributed by atoms with van der Waals surface area (Å²) in [5, 5.41) is 25.0. The SMILES string of the molecule is COc1ccc(Nc2cc3c(nc4ccc(N(CCO)CCO)cc4[n+]3-c3ccccc3)c3ccccc23)cc1. The average Bonchev–Trinajstić information content (AvgIpc) is 3.00. The maximum Gasteiger partial charge on any atom is 0.240 e. The molecule has 0 fully saturated rings. The summed E-state index contributed by atoms with van der Waals surface area (Å²) in [4.78, 5) is 7.15. The number of nitrogens with zero attached hydrogens (tertiary/aromatic N) is 3. The first kappa shape index (κ1) is 25.6. The molecule has 1 heterocycles. The van der Waals surface area contributed by atoms with E-state index in [0.717, 1.165) is 61.3 Å². The predicted octanol–water partition coefficient (Wildman–Crippen LogP) is 5.36. The lowest BCUT2D eigenvalue weighted by Crippen LogP contribution is -2.34. The first-order valence-corrected chi connectivity index (χ1v) is 13.3. The molecule has 6 aromatic rings. The van der Waals surface area contributed by atoms with E-state index < -0.39 is 0 Å². The number of rotatable bonds is 9. The Bertz CT molecular complexity index is 1780. The molecular weight excluding hydrogens is 500 g/mol. The highest BCUT2D eigenvalue weighted by Gasteiger charge is 2.23. The normalized spacial score (nSPS) is 11.3. The summed E-state index contributed by atoms with van der Waals surface area (Å²) in [5.74, 6) is 0.804. The van der Waals surface area contributed by atoms with Crippen LogP contribution in [0.1, 0.15) is 0 Å². The van der Waals surface area contributed by atoms with Gasteiger partial charge in [0.1, 0.15) is 16.8 Å². The van der Waals surface area contributed by atoms with Crippen LogP contribution in [-0.2, 0) is 0 Å². The Balaban J connectivity index is 1.65. The Morgan fingerprint density at radius 2 is 1.48 bits per heavy atom. The van der Waals surface area contributed by atoms with E-state index >= 15 is 0 Å². The molecule has 200 valence electrons. The molecular formula is C33H31N4O3+. The molecule has 7 nitrogen and oxygen atoms in total. The van der Waals surface area contributed by atoms with Gasteiger partial charge in [-0.3, -0.25) is 0 Å². The van der Waals surface area contributed by atoms with E-state index in [9.17, 15) is 10.2 Å². The van der Waals surface area contributed by atoms with Crippen molar-refractivity contribution in [2.45, 2.75) is 0 Å². The minimum Gasteiger partial charge on any atom is -0.497 e. The van der Waals surface area contributed by atoms with Crippen LogP contribution in [0.15, 0.2) is 103 Å². The number of fused-ring (bicyclic) bond motifs is 4. The van der Waals surface area contributed by atoms with Gasteiger partial charge in [-0.25, -0.2) is 4.98 Å². The highest BCUT2D eigenvalue weighted by Crippen LogP contribution is 2.34. The fraction of sp³-hybridized carbons (Fsp3) is 0.152. The van der Waals surface area contributed by atoms with Crippen molar-refractivity contribution in [1.29, 1.82) is 0 Å². The number of aliphatic hydroxyl groups is 2. The molecule has 1 aromatic heterocycles. The first-order chi connectivity index (χ1) is 19.7. The van der Waals surface area contributed by atoms with Crippen LogP contribution >= 0.6 is 0 Å². The van der Waals surface area contributed by atoms with Gasteiger partial charge in [0, 0.05) is 59.5 Å². The molecule has 0 aliphatic rings. The summed E-state index contributed by atoms with van der Waals surface area (Å²) in [7, 11) is 1.66. The number of aliphatic hydroxyl groups excluding tert-OH is 2. The van der Waals surface area contributed by atoms with Gasteiger partial charge in [0.15, 0.2) is 0 Å². The van der Waals surface area contributed by atoms with Crippen LogP contribution < -0.4 is 19.5 Å². The summed E-state index contributed by atoms with van der Waals surface area (Å²) in [5.41, 5.74) is 7.51. The van der Waals surface area contributed by atoms with E-state index in [4.69, 9.17) is 9.72 Å². The Kier molecular flexibility index (Phi) is 7.14. The van der Waals surface area contributed by atoms with Gasteiger partial charge in [-0.1, -0.05) is 42.5 Å². The number of hydrogen-bond acceptors (Lipinski definition) is 6. The number of para-hydroxylation sites is 1. The zero-order valence-electron chi connectivity index (χ0n) is 22.3. The van der Waals surface area contributed by atoms with Crippen LogP contribution in [0.4, 0.5) is 17.1 Å². The number of benzene rings is 5. The fourth-order valence-electron chi connectivity index (χ4n) is 5.27. The molecule has 5 aromatic carbocycles. The van der Waals surface area contributed by atoms with E-state index in [2.05, 4.69) is 46.3 Å². The minimum absolute atomic E-state index is 0.000921. The number of nitrogens with one attached hydrogen (secondary N) is 1. The van der Waals surface area contributed by atoms with Gasteiger partial charge in [0.05, 0.1) is 26.0 Å². The second kappa shape index (κ2) is 11.2. The van der Waals surface area contributed by atoms with Gasteiger partial charge in [-0.2, -0.15) is 0 Å². The largest absolute Gasteiger partial charge is 0.497 e. The Morgan fingerprint density at radius 3 is 2.17 bits per heavy atom. The van der Waals surface area contributed by atoms with Crippen molar-refractivity contribution >= 4 is 49.9 Å². The van der Waals surface area contributed by atoms with Crippen molar-refractivity contribution in [3.8, 4) is 11.4 Å². The second-order valence-electron chi connectivity index (χ2n) is 9.58. The van der Waals surface area contributed by atoms with Crippen molar-refractivity contribution < 1.29 is 19.5 Å². The summed E-state index contributed by atoms with van der Waals surface area (Å²) >= 11 is 0. The van der Waals surface area contributed by atoms with Crippen molar-refractivity contribution in [1.82, 2.24) is 4.98 Å². The lowest BCUT2D eigenvalue weighted by molar-refractivity contribution is -0.538. The average molecular weight is 532 g/mol. The van der Waals surface area contributed by atoms with Gasteiger partial charge in [0.2, 0.25) is 16.7 Å². The third-order valence-electron chi connectivity index (χ3n) is 7.16. The van der Waals surface area contributed by atoms with E-state index in [-0.39, 0.29) is 13.2 Å². The molecule has 0 saturated carbocycles. The number of aromatic nitrogens is 2. The molecule has 3 N–H and O–H groups in total. The maximum atomic E-state index is 9.64. The van der Waals surface area contributed by atoms with Crippen molar-refractivity contribution in [2.75, 3.05) is 43.6 Å². The summed E-state index contributed by atoms with van der Waals surface area (Å²) in [6, 6.07) is 34.7. The fourth-order valence-corrected chi connectivity index (χ4v) is 5.27. The third-order valence-corrected chi connectivity index (χ3v) is 7.16. The Hall–Kier alpha value is -4.72. The third kappa shape index (κ3) is 4.77. The molecule has 7 heteroatoms. The Labute approximate surface area is 232 Å². The number of methoxy groups -OCH3 is 1. The highest BCUT2D eigenvalue weighted by molar-refractivity contribution is 6.11. The number of hydrogen-bond donors (Lipinski definition) is 3.